The van der Waals surface area contributed by atoms with Gasteiger partial charge in [-0.25, -0.2) is 0 Å². The SMILES string of the molecule is CCOc1ccc(NC(=O)c2c(NC(=O)CN3CCCCC3)sc3c2CC[C@@H](C)C3)cc1. The molecule has 0 radical (unpaired) electrons. The molecule has 0 bridgehead atoms. The second kappa shape index (κ2) is 10.5. The van der Waals surface area contributed by atoms with Crippen LogP contribution in [0.2, 0.25) is 0 Å². The lowest BCUT2D eigenvalue weighted by molar-refractivity contribution is -0.117. The van der Waals surface area contributed by atoms with E-state index in [2.05, 4.69) is 22.5 Å². The van der Waals surface area contributed by atoms with Crippen LogP contribution in [-0.4, -0.2) is 43.0 Å². The van der Waals surface area contributed by atoms with Crippen molar-refractivity contribution in [3.05, 3.63) is 40.3 Å². The van der Waals surface area contributed by atoms with Crippen LogP contribution in [0.15, 0.2) is 24.3 Å². The number of benzene rings is 1. The van der Waals surface area contributed by atoms with Crippen molar-refractivity contribution in [1.29, 1.82) is 0 Å². The van der Waals surface area contributed by atoms with Crippen molar-refractivity contribution in [1.82, 2.24) is 4.90 Å². The van der Waals surface area contributed by atoms with Crippen molar-refractivity contribution in [3.8, 4) is 5.75 Å². The molecule has 1 aromatic carbocycles. The van der Waals surface area contributed by atoms with Gasteiger partial charge in [-0.05, 0) is 87.9 Å². The van der Waals surface area contributed by atoms with E-state index in [0.717, 1.165) is 56.5 Å². The minimum Gasteiger partial charge on any atom is -0.494 e. The highest BCUT2D eigenvalue weighted by Crippen LogP contribution is 2.40. The Kier molecular flexibility index (Phi) is 7.48. The van der Waals surface area contributed by atoms with E-state index in [1.165, 1.54) is 11.3 Å². The summed E-state index contributed by atoms with van der Waals surface area (Å²) in [5.74, 6) is 1.18. The first-order valence-corrected chi connectivity index (χ1v) is 12.6. The van der Waals surface area contributed by atoms with Crippen molar-refractivity contribution in [2.45, 2.75) is 52.4 Å². The van der Waals surface area contributed by atoms with Crippen LogP contribution in [0.3, 0.4) is 0 Å². The lowest BCUT2D eigenvalue weighted by atomic mass is 9.88. The number of likely N-dealkylation sites (tertiary alicyclic amines) is 1. The number of nitrogens with one attached hydrogen (secondary N) is 2. The molecule has 2 aliphatic rings. The number of carbonyl (C=O) groups excluding carboxylic acids is 2. The largest absolute Gasteiger partial charge is 0.494 e. The van der Waals surface area contributed by atoms with Crippen molar-refractivity contribution >= 4 is 33.8 Å². The van der Waals surface area contributed by atoms with Gasteiger partial charge in [0.05, 0.1) is 18.7 Å². The lowest BCUT2D eigenvalue weighted by Crippen LogP contribution is -2.37. The molecular formula is C25H33N3O3S. The number of carbonyl (C=O) groups is 2. The molecule has 0 saturated carbocycles. The summed E-state index contributed by atoms with van der Waals surface area (Å²) in [7, 11) is 0. The molecule has 2 aromatic rings. The molecule has 6 nitrogen and oxygen atoms in total. The maximum Gasteiger partial charge on any atom is 0.258 e. The van der Waals surface area contributed by atoms with Gasteiger partial charge in [-0.15, -0.1) is 11.3 Å². The van der Waals surface area contributed by atoms with Gasteiger partial charge in [0.15, 0.2) is 0 Å². The number of hydrogen-bond acceptors (Lipinski definition) is 5. The van der Waals surface area contributed by atoms with Gasteiger partial charge in [-0.2, -0.15) is 0 Å². The molecule has 1 atom stereocenters. The van der Waals surface area contributed by atoms with E-state index in [9.17, 15) is 9.59 Å². The maximum atomic E-state index is 13.3. The van der Waals surface area contributed by atoms with E-state index in [1.54, 1.807) is 11.3 Å². The summed E-state index contributed by atoms with van der Waals surface area (Å²) in [5, 5.41) is 6.79. The monoisotopic (exact) mass is 455 g/mol. The zero-order chi connectivity index (χ0) is 22.5. The van der Waals surface area contributed by atoms with Gasteiger partial charge in [0.1, 0.15) is 10.8 Å². The molecular weight excluding hydrogens is 422 g/mol. The van der Waals surface area contributed by atoms with Crippen LogP contribution in [0.5, 0.6) is 5.75 Å². The van der Waals surface area contributed by atoms with Crippen LogP contribution in [0, 0.1) is 5.92 Å². The van der Waals surface area contributed by atoms with Gasteiger partial charge in [0, 0.05) is 10.6 Å². The molecule has 2 N–H and O–H groups in total. The van der Waals surface area contributed by atoms with E-state index in [1.807, 2.05) is 31.2 Å². The number of thiophene rings is 1. The average molecular weight is 456 g/mol. The molecule has 1 fully saturated rings. The van der Waals surface area contributed by atoms with Gasteiger partial charge in [-0.3, -0.25) is 14.5 Å². The Labute approximate surface area is 194 Å². The summed E-state index contributed by atoms with van der Waals surface area (Å²) >= 11 is 1.57. The summed E-state index contributed by atoms with van der Waals surface area (Å²) < 4.78 is 5.49. The minimum absolute atomic E-state index is 0.0336. The van der Waals surface area contributed by atoms with Crippen molar-refractivity contribution < 1.29 is 14.3 Å². The third kappa shape index (κ3) is 5.51. The number of ether oxygens (including phenoxy) is 1. The minimum atomic E-state index is -0.158. The number of anilines is 2. The highest BCUT2D eigenvalue weighted by molar-refractivity contribution is 7.17. The van der Waals surface area contributed by atoms with E-state index < -0.39 is 0 Å². The first-order valence-electron chi connectivity index (χ1n) is 11.7. The molecule has 1 aliphatic carbocycles. The first-order chi connectivity index (χ1) is 15.5. The fraction of sp³-hybridized carbons (Fsp3) is 0.520. The molecule has 172 valence electrons. The molecule has 7 heteroatoms. The Morgan fingerprint density at radius 2 is 1.88 bits per heavy atom. The second-order valence-corrected chi connectivity index (χ2v) is 9.96. The number of piperidine rings is 1. The third-order valence-corrected chi connectivity index (χ3v) is 7.40. The smallest absolute Gasteiger partial charge is 0.258 e. The second-order valence-electron chi connectivity index (χ2n) is 8.85. The summed E-state index contributed by atoms with van der Waals surface area (Å²) in [5.41, 5.74) is 2.45. The van der Waals surface area contributed by atoms with E-state index >= 15 is 0 Å². The van der Waals surface area contributed by atoms with Crippen LogP contribution >= 0.6 is 11.3 Å². The highest BCUT2D eigenvalue weighted by atomic mass is 32.1. The number of amides is 2. The van der Waals surface area contributed by atoms with Crippen LogP contribution in [0.4, 0.5) is 10.7 Å². The number of nitrogens with zero attached hydrogens (tertiary/aromatic N) is 1. The molecule has 0 unspecified atom stereocenters. The van der Waals surface area contributed by atoms with Gasteiger partial charge in [-0.1, -0.05) is 13.3 Å². The average Bonchev–Trinajstić information content (AvgIpc) is 3.12. The Morgan fingerprint density at radius 1 is 1.12 bits per heavy atom. The van der Waals surface area contributed by atoms with E-state index in [4.69, 9.17) is 4.74 Å². The topological polar surface area (TPSA) is 70.7 Å². The van der Waals surface area contributed by atoms with Gasteiger partial charge >= 0.3 is 0 Å². The van der Waals surface area contributed by atoms with Crippen molar-refractivity contribution in [2.75, 3.05) is 36.9 Å². The molecule has 2 heterocycles. The quantitative estimate of drug-likeness (QED) is 0.620. The van der Waals surface area contributed by atoms with E-state index in [-0.39, 0.29) is 11.8 Å². The zero-order valence-electron chi connectivity index (χ0n) is 19.0. The Morgan fingerprint density at radius 3 is 2.59 bits per heavy atom. The Balaban J connectivity index is 1.52. The van der Waals surface area contributed by atoms with Gasteiger partial charge in [0.25, 0.3) is 5.91 Å². The Bertz CT molecular complexity index is 948. The van der Waals surface area contributed by atoms with Crippen LogP contribution in [0.1, 0.15) is 60.3 Å². The fourth-order valence-corrected chi connectivity index (χ4v) is 5.98. The standard InChI is InChI=1S/C25H33N3O3S/c1-3-31-19-10-8-18(9-11-19)26-24(30)23-20-12-7-17(2)15-21(20)32-25(23)27-22(29)16-28-13-5-4-6-14-28/h8-11,17H,3-7,12-16H2,1-2H3,(H,26,30)(H,27,29)/t17-/m1/s1. The molecule has 1 aliphatic heterocycles. The molecule has 4 rings (SSSR count). The van der Waals surface area contributed by atoms with Gasteiger partial charge in [0.2, 0.25) is 5.91 Å². The summed E-state index contributed by atoms with van der Waals surface area (Å²) in [6.07, 6.45) is 6.44. The van der Waals surface area contributed by atoms with E-state index in [0.29, 0.717) is 35.3 Å². The summed E-state index contributed by atoms with van der Waals surface area (Å²) in [4.78, 5) is 29.6. The van der Waals surface area contributed by atoms with Crippen LogP contribution < -0.4 is 15.4 Å². The predicted molar refractivity (Wildman–Crippen MR) is 130 cm³/mol. The number of hydrogen-bond donors (Lipinski definition) is 2. The number of rotatable bonds is 7. The lowest BCUT2D eigenvalue weighted by Gasteiger charge is -2.25. The van der Waals surface area contributed by atoms with Crippen molar-refractivity contribution in [3.63, 3.8) is 0 Å². The van der Waals surface area contributed by atoms with Crippen LogP contribution in [-0.2, 0) is 17.6 Å². The summed E-state index contributed by atoms with van der Waals surface area (Å²) in [6, 6.07) is 7.40. The van der Waals surface area contributed by atoms with Crippen molar-refractivity contribution in [2.24, 2.45) is 5.92 Å². The first kappa shape index (κ1) is 22.8. The fourth-order valence-electron chi connectivity index (χ4n) is 4.56. The highest BCUT2D eigenvalue weighted by Gasteiger charge is 2.29. The Hall–Kier alpha value is -2.38. The predicted octanol–water partition coefficient (Wildman–Crippen LogP) is 4.95. The van der Waals surface area contributed by atoms with Gasteiger partial charge < -0.3 is 15.4 Å². The normalized spacial score (nSPS) is 18.6. The molecule has 2 amide bonds. The zero-order valence-corrected chi connectivity index (χ0v) is 19.9. The molecule has 1 aromatic heterocycles. The molecule has 1 saturated heterocycles. The molecule has 0 spiro atoms. The third-order valence-electron chi connectivity index (χ3n) is 6.23. The maximum absolute atomic E-state index is 13.3. The summed E-state index contributed by atoms with van der Waals surface area (Å²) in [6.45, 7) is 7.12. The van der Waals surface area contributed by atoms with Crippen LogP contribution in [0.25, 0.3) is 0 Å². The number of fused-ring (bicyclic) bond motifs is 1. The molecule has 32 heavy (non-hydrogen) atoms.